The van der Waals surface area contributed by atoms with Crippen molar-refractivity contribution in [2.24, 2.45) is 0 Å². The van der Waals surface area contributed by atoms with Crippen LogP contribution in [-0.4, -0.2) is 17.8 Å². The molecule has 2 rings (SSSR count). The Kier molecular flexibility index (Phi) is 3.32. The third-order valence-corrected chi connectivity index (χ3v) is 3.29. The molecule has 0 atom stereocenters. The molecule has 2 nitrogen and oxygen atoms in total. The first-order valence-electron chi connectivity index (χ1n) is 4.87. The number of alkyl halides is 1. The van der Waals surface area contributed by atoms with Crippen molar-refractivity contribution in [3.05, 3.63) is 28.8 Å². The zero-order valence-electron chi connectivity index (χ0n) is 8.17. The maximum absolute atomic E-state index is 11.7. The molecule has 15 heavy (non-hydrogen) atoms. The molecular weight excluding hydrogens is 277 g/mol. The van der Waals surface area contributed by atoms with Crippen molar-refractivity contribution in [3.8, 4) is 0 Å². The molecule has 1 amide bonds. The van der Waals surface area contributed by atoms with Crippen molar-refractivity contribution >= 4 is 39.1 Å². The largest absolute Gasteiger partial charge is 0.311 e. The molecule has 1 aromatic rings. The highest BCUT2D eigenvalue weighted by Gasteiger charge is 2.21. The number of aryl methyl sites for hydroxylation is 1. The van der Waals surface area contributed by atoms with Crippen molar-refractivity contribution in [2.75, 3.05) is 16.8 Å². The number of fused-ring (bicyclic) bond motifs is 1. The Morgan fingerprint density at radius 3 is 3.07 bits per heavy atom. The Morgan fingerprint density at radius 1 is 1.53 bits per heavy atom. The topological polar surface area (TPSA) is 20.3 Å². The molecule has 0 aromatic heterocycles. The molecule has 0 aliphatic carbocycles. The van der Waals surface area contributed by atoms with E-state index >= 15 is 0 Å². The number of carbonyl (C=O) groups is 1. The van der Waals surface area contributed by atoms with Gasteiger partial charge in [0.2, 0.25) is 5.91 Å². The summed E-state index contributed by atoms with van der Waals surface area (Å²) in [7, 11) is 0. The molecule has 0 saturated heterocycles. The first kappa shape index (κ1) is 11.0. The highest BCUT2D eigenvalue weighted by molar-refractivity contribution is 9.09. The van der Waals surface area contributed by atoms with Crippen molar-refractivity contribution in [3.63, 3.8) is 0 Å². The van der Waals surface area contributed by atoms with Gasteiger partial charge in [-0.05, 0) is 36.6 Å². The molecule has 0 fully saturated rings. The maximum atomic E-state index is 11.7. The fourth-order valence-corrected chi connectivity index (χ4v) is 2.39. The fraction of sp³-hybridized carbons (Fsp3) is 0.364. The van der Waals surface area contributed by atoms with Crippen molar-refractivity contribution in [1.82, 2.24) is 0 Å². The van der Waals surface area contributed by atoms with Crippen LogP contribution in [0.3, 0.4) is 0 Å². The van der Waals surface area contributed by atoms with Gasteiger partial charge in [-0.1, -0.05) is 27.5 Å². The summed E-state index contributed by atoms with van der Waals surface area (Å²) in [5.41, 5.74) is 2.18. The molecule has 0 saturated carbocycles. The van der Waals surface area contributed by atoms with Gasteiger partial charge < -0.3 is 4.90 Å². The number of nitrogens with zero attached hydrogens (tertiary/aromatic N) is 1. The maximum Gasteiger partial charge on any atom is 0.237 e. The standard InChI is InChI=1S/C11H11BrClNO/c12-7-11(15)14-5-1-2-8-6-9(13)3-4-10(8)14/h3-4,6H,1-2,5,7H2. The van der Waals surface area contributed by atoms with Gasteiger partial charge in [0.25, 0.3) is 0 Å². The molecule has 0 unspecified atom stereocenters. The van der Waals surface area contributed by atoms with Crippen LogP contribution in [0.5, 0.6) is 0 Å². The number of anilines is 1. The van der Waals surface area contributed by atoms with Crippen LogP contribution in [0.15, 0.2) is 18.2 Å². The SMILES string of the molecule is O=C(CBr)N1CCCc2cc(Cl)ccc21. The number of amides is 1. The summed E-state index contributed by atoms with van der Waals surface area (Å²) in [6.45, 7) is 0.805. The van der Waals surface area contributed by atoms with Gasteiger partial charge in [-0.2, -0.15) is 0 Å². The highest BCUT2D eigenvalue weighted by atomic mass is 79.9. The second kappa shape index (κ2) is 4.54. The summed E-state index contributed by atoms with van der Waals surface area (Å²) >= 11 is 9.12. The van der Waals surface area contributed by atoms with E-state index in [0.717, 1.165) is 30.1 Å². The molecule has 0 spiro atoms. The van der Waals surface area contributed by atoms with Crippen LogP contribution in [0, 0.1) is 0 Å². The van der Waals surface area contributed by atoms with Gasteiger partial charge in [0.15, 0.2) is 0 Å². The molecular formula is C11H11BrClNO. The number of halogens is 2. The van der Waals surface area contributed by atoms with Crippen molar-refractivity contribution in [2.45, 2.75) is 12.8 Å². The minimum Gasteiger partial charge on any atom is -0.311 e. The molecule has 1 heterocycles. The number of hydrogen-bond donors (Lipinski definition) is 0. The fourth-order valence-electron chi connectivity index (χ4n) is 1.90. The minimum absolute atomic E-state index is 0.110. The lowest BCUT2D eigenvalue weighted by Gasteiger charge is -2.29. The number of rotatable bonds is 1. The third kappa shape index (κ3) is 2.18. The van der Waals surface area contributed by atoms with E-state index in [1.165, 1.54) is 5.56 Å². The molecule has 0 N–H and O–H groups in total. The average molecular weight is 289 g/mol. The van der Waals surface area contributed by atoms with E-state index < -0.39 is 0 Å². The molecule has 80 valence electrons. The van der Waals surface area contributed by atoms with Gasteiger partial charge in [-0.15, -0.1) is 0 Å². The molecule has 1 aromatic carbocycles. The van der Waals surface area contributed by atoms with Crippen LogP contribution in [-0.2, 0) is 11.2 Å². The molecule has 0 radical (unpaired) electrons. The predicted molar refractivity (Wildman–Crippen MR) is 65.9 cm³/mol. The Hall–Kier alpha value is -0.540. The Balaban J connectivity index is 2.38. The monoisotopic (exact) mass is 287 g/mol. The number of hydrogen-bond acceptors (Lipinski definition) is 1. The second-order valence-corrected chi connectivity index (χ2v) is 4.55. The van der Waals surface area contributed by atoms with Gasteiger partial charge in [0, 0.05) is 17.3 Å². The van der Waals surface area contributed by atoms with E-state index in [2.05, 4.69) is 15.9 Å². The molecule has 4 heteroatoms. The summed E-state index contributed by atoms with van der Waals surface area (Å²) in [5, 5.41) is 1.11. The van der Waals surface area contributed by atoms with E-state index in [1.807, 2.05) is 23.1 Å². The van der Waals surface area contributed by atoms with Gasteiger partial charge >= 0.3 is 0 Å². The van der Waals surface area contributed by atoms with Crippen LogP contribution >= 0.6 is 27.5 Å². The predicted octanol–water partition coefficient (Wildman–Crippen LogP) is 3.01. The Labute approximate surface area is 102 Å². The summed E-state index contributed by atoms with van der Waals surface area (Å²) in [6.07, 6.45) is 2.01. The van der Waals surface area contributed by atoms with E-state index in [1.54, 1.807) is 0 Å². The van der Waals surface area contributed by atoms with Crippen LogP contribution in [0.1, 0.15) is 12.0 Å². The smallest absolute Gasteiger partial charge is 0.237 e. The summed E-state index contributed by atoms with van der Waals surface area (Å²) in [5.74, 6) is 0.110. The second-order valence-electron chi connectivity index (χ2n) is 3.56. The quantitative estimate of drug-likeness (QED) is 0.728. The van der Waals surface area contributed by atoms with Gasteiger partial charge in [-0.3, -0.25) is 4.79 Å². The number of benzene rings is 1. The number of carbonyl (C=O) groups excluding carboxylic acids is 1. The van der Waals surface area contributed by atoms with Crippen LogP contribution in [0.2, 0.25) is 5.02 Å². The van der Waals surface area contributed by atoms with Crippen molar-refractivity contribution < 1.29 is 4.79 Å². The first-order valence-corrected chi connectivity index (χ1v) is 6.37. The molecule has 1 aliphatic rings. The van der Waals surface area contributed by atoms with E-state index in [-0.39, 0.29) is 5.91 Å². The summed E-state index contributed by atoms with van der Waals surface area (Å²) in [4.78, 5) is 13.5. The minimum atomic E-state index is 0.110. The van der Waals surface area contributed by atoms with Crippen molar-refractivity contribution in [1.29, 1.82) is 0 Å². The highest BCUT2D eigenvalue weighted by Crippen LogP contribution is 2.29. The Bertz CT molecular complexity index is 394. The summed E-state index contributed by atoms with van der Waals surface area (Å²) < 4.78 is 0. The lowest BCUT2D eigenvalue weighted by molar-refractivity contribution is -0.116. The van der Waals surface area contributed by atoms with Gasteiger partial charge in [-0.25, -0.2) is 0 Å². The average Bonchev–Trinajstić information content (AvgIpc) is 2.26. The van der Waals surface area contributed by atoms with Crippen LogP contribution in [0.4, 0.5) is 5.69 Å². The van der Waals surface area contributed by atoms with E-state index in [4.69, 9.17) is 11.6 Å². The first-order chi connectivity index (χ1) is 7.22. The lowest BCUT2D eigenvalue weighted by Crippen LogP contribution is -2.36. The lowest BCUT2D eigenvalue weighted by atomic mass is 10.0. The summed E-state index contributed by atoms with van der Waals surface area (Å²) in [6, 6.07) is 5.71. The zero-order valence-corrected chi connectivity index (χ0v) is 10.5. The molecule has 1 aliphatic heterocycles. The van der Waals surface area contributed by atoms with E-state index in [9.17, 15) is 4.79 Å². The van der Waals surface area contributed by atoms with Gasteiger partial charge in [0.05, 0.1) is 5.33 Å². The molecule has 0 bridgehead atoms. The van der Waals surface area contributed by atoms with Crippen LogP contribution < -0.4 is 4.90 Å². The third-order valence-electron chi connectivity index (χ3n) is 2.58. The van der Waals surface area contributed by atoms with Gasteiger partial charge in [0.1, 0.15) is 0 Å². The Morgan fingerprint density at radius 2 is 2.33 bits per heavy atom. The van der Waals surface area contributed by atoms with Crippen LogP contribution in [0.25, 0.3) is 0 Å². The van der Waals surface area contributed by atoms with E-state index in [0.29, 0.717) is 5.33 Å². The normalized spacial score (nSPS) is 14.9. The zero-order chi connectivity index (χ0) is 10.8.